The van der Waals surface area contributed by atoms with Gasteiger partial charge in [-0.1, -0.05) is 18.2 Å². The second-order valence-corrected chi connectivity index (χ2v) is 4.98. The van der Waals surface area contributed by atoms with Crippen molar-refractivity contribution in [1.29, 1.82) is 0 Å². The summed E-state index contributed by atoms with van der Waals surface area (Å²) < 4.78 is 5.52. The zero-order valence-electron chi connectivity index (χ0n) is 12.4. The molecule has 0 spiro atoms. The Balaban J connectivity index is 1.96. The lowest BCUT2D eigenvalue weighted by molar-refractivity contribution is -0.137. The number of carbonyl (C=O) groups is 2. The number of rotatable bonds is 8. The van der Waals surface area contributed by atoms with Crippen LogP contribution in [0, 0.1) is 0 Å². The molecule has 0 aliphatic carbocycles. The Labute approximate surface area is 133 Å². The number of para-hydroxylation sites is 1. The summed E-state index contributed by atoms with van der Waals surface area (Å²) in [5, 5.41) is 18.5. The Bertz CT molecular complexity index is 685. The lowest BCUT2D eigenvalue weighted by Crippen LogP contribution is -2.03. The van der Waals surface area contributed by atoms with Gasteiger partial charge in [-0.25, -0.2) is 4.98 Å². The predicted molar refractivity (Wildman–Crippen MR) is 82.9 cm³/mol. The van der Waals surface area contributed by atoms with E-state index in [1.165, 1.54) is 12.3 Å². The highest BCUT2D eigenvalue weighted by molar-refractivity contribution is 5.96. The maximum absolute atomic E-state index is 12.0. The molecular weight excluding hydrogens is 298 g/mol. The fourth-order valence-electron chi connectivity index (χ4n) is 2.01. The van der Waals surface area contributed by atoms with Gasteiger partial charge in [-0.2, -0.15) is 0 Å². The molecule has 6 heteroatoms. The van der Waals surface area contributed by atoms with Gasteiger partial charge in [0.1, 0.15) is 22.9 Å². The Morgan fingerprint density at radius 2 is 1.74 bits per heavy atom. The predicted octanol–water partition coefficient (Wildman–Crippen LogP) is 3.41. The molecule has 23 heavy (non-hydrogen) atoms. The molecule has 2 rings (SSSR count). The van der Waals surface area contributed by atoms with Crippen LogP contribution >= 0.6 is 0 Å². The normalized spacial score (nSPS) is 10.3. The molecule has 0 unspecified atom stereocenters. The van der Waals surface area contributed by atoms with Gasteiger partial charge in [-0.15, -0.1) is 0 Å². The highest BCUT2D eigenvalue weighted by atomic mass is 16.5. The van der Waals surface area contributed by atoms with Crippen LogP contribution < -0.4 is 4.74 Å². The number of aromatic hydroxyl groups is 1. The molecule has 1 aromatic heterocycles. The average molecular weight is 315 g/mol. The first kappa shape index (κ1) is 16.5. The van der Waals surface area contributed by atoms with Crippen molar-refractivity contribution < 1.29 is 24.5 Å². The molecular formula is C17H17NO5. The van der Waals surface area contributed by atoms with Crippen molar-refractivity contribution in [1.82, 2.24) is 4.98 Å². The van der Waals surface area contributed by atoms with Crippen LogP contribution in [-0.4, -0.2) is 26.9 Å². The number of hydrogen-bond acceptors (Lipinski definition) is 5. The van der Waals surface area contributed by atoms with Crippen LogP contribution in [0.2, 0.25) is 0 Å². The quantitative estimate of drug-likeness (QED) is 0.572. The number of pyridine rings is 1. The molecule has 0 atom stereocenters. The SMILES string of the molecule is O=C(O)CCCCC(=O)c1ncc(Oc2ccccc2)cc1O. The third-order valence-electron chi connectivity index (χ3n) is 3.13. The van der Waals surface area contributed by atoms with Crippen LogP contribution in [0.4, 0.5) is 0 Å². The fraction of sp³-hybridized carbons (Fsp3) is 0.235. The Morgan fingerprint density at radius 3 is 2.39 bits per heavy atom. The standard InChI is InChI=1S/C17H17NO5/c19-14(8-4-5-9-16(21)22)17-15(20)10-13(11-18-17)23-12-6-2-1-3-7-12/h1-3,6-7,10-11,20H,4-5,8-9H2,(H,21,22). The Morgan fingerprint density at radius 1 is 1.04 bits per heavy atom. The molecule has 1 aromatic carbocycles. The highest BCUT2D eigenvalue weighted by Gasteiger charge is 2.14. The minimum atomic E-state index is -0.888. The number of ketones is 1. The van der Waals surface area contributed by atoms with Gasteiger partial charge >= 0.3 is 5.97 Å². The maximum Gasteiger partial charge on any atom is 0.303 e. The molecule has 1 heterocycles. The lowest BCUT2D eigenvalue weighted by Gasteiger charge is -2.07. The van der Waals surface area contributed by atoms with E-state index < -0.39 is 5.97 Å². The minimum Gasteiger partial charge on any atom is -0.505 e. The topological polar surface area (TPSA) is 96.7 Å². The first-order valence-corrected chi connectivity index (χ1v) is 7.23. The van der Waals surface area contributed by atoms with Gasteiger partial charge in [0.2, 0.25) is 0 Å². The van der Waals surface area contributed by atoms with Gasteiger partial charge < -0.3 is 14.9 Å². The molecule has 0 saturated carbocycles. The molecule has 0 aliphatic rings. The summed E-state index contributed by atoms with van der Waals surface area (Å²) in [4.78, 5) is 26.3. The van der Waals surface area contributed by atoms with Crippen LogP contribution in [-0.2, 0) is 4.79 Å². The Hall–Kier alpha value is -2.89. The summed E-state index contributed by atoms with van der Waals surface area (Å²) in [6.07, 6.45) is 2.39. The summed E-state index contributed by atoms with van der Waals surface area (Å²) in [7, 11) is 0. The van der Waals surface area contributed by atoms with Crippen molar-refractivity contribution >= 4 is 11.8 Å². The third-order valence-corrected chi connectivity index (χ3v) is 3.13. The number of unbranched alkanes of at least 4 members (excludes halogenated alkanes) is 1. The van der Waals surface area contributed by atoms with Crippen LogP contribution in [0.5, 0.6) is 17.2 Å². The number of carbonyl (C=O) groups excluding carboxylic acids is 1. The van der Waals surface area contributed by atoms with Gasteiger partial charge in [0.15, 0.2) is 5.78 Å². The van der Waals surface area contributed by atoms with Gasteiger partial charge in [0.25, 0.3) is 0 Å². The van der Waals surface area contributed by atoms with Crippen molar-refractivity contribution in [2.45, 2.75) is 25.7 Å². The molecule has 0 radical (unpaired) electrons. The van der Waals surface area contributed by atoms with Gasteiger partial charge in [0.05, 0.1) is 6.20 Å². The monoisotopic (exact) mass is 315 g/mol. The number of ether oxygens (including phenoxy) is 1. The van der Waals surface area contributed by atoms with E-state index in [4.69, 9.17) is 9.84 Å². The minimum absolute atomic E-state index is 0.0243. The number of hydrogen-bond donors (Lipinski definition) is 2. The first-order valence-electron chi connectivity index (χ1n) is 7.23. The highest BCUT2D eigenvalue weighted by Crippen LogP contribution is 2.26. The number of benzene rings is 1. The number of aromatic nitrogens is 1. The summed E-state index contributed by atoms with van der Waals surface area (Å²) in [5.74, 6) is -0.528. The van der Waals surface area contributed by atoms with Crippen molar-refractivity contribution in [3.05, 3.63) is 48.3 Å². The molecule has 0 bridgehead atoms. The number of carboxylic acid groups (broad SMARTS) is 1. The van der Waals surface area contributed by atoms with E-state index in [-0.39, 0.29) is 30.1 Å². The first-order chi connectivity index (χ1) is 11.1. The lowest BCUT2D eigenvalue weighted by atomic mass is 10.1. The van der Waals surface area contributed by atoms with Gasteiger partial charge in [-0.05, 0) is 25.0 Å². The molecule has 0 fully saturated rings. The molecule has 2 aromatic rings. The van der Waals surface area contributed by atoms with E-state index in [1.54, 1.807) is 12.1 Å². The Kier molecular flexibility index (Phi) is 5.68. The summed E-state index contributed by atoms with van der Waals surface area (Å²) in [6.45, 7) is 0. The summed E-state index contributed by atoms with van der Waals surface area (Å²) in [5.41, 5.74) is -0.0271. The van der Waals surface area contributed by atoms with E-state index in [9.17, 15) is 14.7 Å². The average Bonchev–Trinajstić information content (AvgIpc) is 2.52. The summed E-state index contributed by atoms with van der Waals surface area (Å²) in [6, 6.07) is 10.4. The largest absolute Gasteiger partial charge is 0.505 e. The van der Waals surface area contributed by atoms with Crippen molar-refractivity contribution in [2.24, 2.45) is 0 Å². The molecule has 0 aliphatic heterocycles. The molecule has 2 N–H and O–H groups in total. The van der Waals surface area contributed by atoms with Crippen LogP contribution in [0.15, 0.2) is 42.6 Å². The molecule has 0 amide bonds. The number of carboxylic acids is 1. The van der Waals surface area contributed by atoms with E-state index >= 15 is 0 Å². The van der Waals surface area contributed by atoms with Gasteiger partial charge in [-0.3, -0.25) is 9.59 Å². The molecule has 6 nitrogen and oxygen atoms in total. The van der Waals surface area contributed by atoms with E-state index in [1.807, 2.05) is 18.2 Å². The molecule has 0 saturated heterocycles. The van der Waals surface area contributed by atoms with E-state index in [2.05, 4.69) is 4.98 Å². The third kappa shape index (κ3) is 5.10. The number of nitrogens with zero attached hydrogens (tertiary/aromatic N) is 1. The second kappa shape index (κ2) is 7.93. The van der Waals surface area contributed by atoms with E-state index in [0.29, 0.717) is 24.3 Å². The smallest absolute Gasteiger partial charge is 0.303 e. The number of aliphatic carboxylic acids is 1. The van der Waals surface area contributed by atoms with Crippen LogP contribution in [0.1, 0.15) is 36.2 Å². The maximum atomic E-state index is 12.0. The van der Waals surface area contributed by atoms with Crippen LogP contribution in [0.25, 0.3) is 0 Å². The van der Waals surface area contributed by atoms with Crippen molar-refractivity contribution in [2.75, 3.05) is 0 Å². The zero-order chi connectivity index (χ0) is 16.7. The van der Waals surface area contributed by atoms with Crippen molar-refractivity contribution in [3.8, 4) is 17.2 Å². The number of Topliss-reactive ketones (excluding diaryl/α,β-unsaturated/α-hetero) is 1. The molecule has 120 valence electrons. The second-order valence-electron chi connectivity index (χ2n) is 4.98. The fourth-order valence-corrected chi connectivity index (χ4v) is 2.01. The van der Waals surface area contributed by atoms with E-state index in [0.717, 1.165) is 0 Å². The van der Waals surface area contributed by atoms with Crippen molar-refractivity contribution in [3.63, 3.8) is 0 Å². The zero-order valence-corrected chi connectivity index (χ0v) is 12.4. The summed E-state index contributed by atoms with van der Waals surface area (Å²) >= 11 is 0. The van der Waals surface area contributed by atoms with Gasteiger partial charge in [0, 0.05) is 18.9 Å². The van der Waals surface area contributed by atoms with Crippen LogP contribution in [0.3, 0.4) is 0 Å².